The van der Waals surface area contributed by atoms with Gasteiger partial charge in [-0.1, -0.05) is 18.5 Å². The molecule has 0 bridgehead atoms. The molecule has 0 saturated carbocycles. The lowest BCUT2D eigenvalue weighted by molar-refractivity contribution is -0.128. The Hall–Kier alpha value is -1.26. The molecular weight excluding hydrogens is 240 g/mol. The van der Waals surface area contributed by atoms with Crippen molar-refractivity contribution >= 4 is 17.5 Å². The monoisotopic (exact) mass is 256 g/mol. The van der Waals surface area contributed by atoms with Crippen LogP contribution in [-0.2, 0) is 4.79 Å². The van der Waals surface area contributed by atoms with E-state index in [1.165, 1.54) is 0 Å². The third-order valence-corrected chi connectivity index (χ3v) is 2.71. The van der Waals surface area contributed by atoms with Crippen LogP contribution in [0, 0.1) is 13.8 Å². The fraction of sp³-hybridized carbons (Fsp3) is 0.417. The molecule has 0 aliphatic carbocycles. The average molecular weight is 257 g/mol. The number of nitrogens with one attached hydrogen (secondary N) is 1. The van der Waals surface area contributed by atoms with E-state index in [9.17, 15) is 4.79 Å². The Bertz CT molecular complexity index is 398. The maximum atomic E-state index is 11.4. The molecule has 1 aromatic rings. The largest absolute Gasteiger partial charge is 0.480 e. The number of hydrogen-bond donors (Lipinski definition) is 2. The second-order valence-corrected chi connectivity index (χ2v) is 4.33. The molecular formula is C12H17ClN2O2. The number of amides is 1. The summed E-state index contributed by atoms with van der Waals surface area (Å²) in [6, 6.07) is 3.61. The first-order chi connectivity index (χ1) is 7.99. The van der Waals surface area contributed by atoms with Crippen LogP contribution in [0.15, 0.2) is 12.1 Å². The predicted octanol–water partition coefficient (Wildman–Crippen LogP) is 2.10. The lowest BCUT2D eigenvalue weighted by Gasteiger charge is -2.19. The number of carbonyl (C=O) groups is 1. The molecule has 3 N–H and O–H groups in total. The molecule has 94 valence electrons. The standard InChI is InChI=1S/C12H17ClN2O2/c1-4-10(12(16)15-14)17-11-7(2)5-9(13)6-8(11)3/h5-6,10H,4,14H2,1-3H3,(H,15,16). The zero-order chi connectivity index (χ0) is 13.0. The zero-order valence-electron chi connectivity index (χ0n) is 10.2. The number of rotatable bonds is 4. The van der Waals surface area contributed by atoms with Gasteiger partial charge in [-0.15, -0.1) is 0 Å². The fourth-order valence-corrected chi connectivity index (χ4v) is 1.97. The molecule has 1 unspecified atom stereocenters. The molecule has 1 rings (SSSR count). The molecule has 0 heterocycles. The lowest BCUT2D eigenvalue weighted by Crippen LogP contribution is -2.41. The average Bonchev–Trinajstić information content (AvgIpc) is 2.27. The lowest BCUT2D eigenvalue weighted by atomic mass is 10.1. The van der Waals surface area contributed by atoms with Gasteiger partial charge >= 0.3 is 0 Å². The van der Waals surface area contributed by atoms with Gasteiger partial charge in [-0.2, -0.15) is 0 Å². The van der Waals surface area contributed by atoms with Gasteiger partial charge < -0.3 is 4.74 Å². The van der Waals surface area contributed by atoms with Crippen LogP contribution in [0.5, 0.6) is 5.75 Å². The summed E-state index contributed by atoms with van der Waals surface area (Å²) in [5.74, 6) is 5.45. The Morgan fingerprint density at radius 3 is 2.41 bits per heavy atom. The molecule has 1 amide bonds. The van der Waals surface area contributed by atoms with Crippen molar-refractivity contribution < 1.29 is 9.53 Å². The number of benzene rings is 1. The van der Waals surface area contributed by atoms with Crippen LogP contribution < -0.4 is 16.0 Å². The van der Waals surface area contributed by atoms with Gasteiger partial charge in [0.2, 0.25) is 0 Å². The quantitative estimate of drug-likeness (QED) is 0.493. The van der Waals surface area contributed by atoms with Crippen LogP contribution in [-0.4, -0.2) is 12.0 Å². The second kappa shape index (κ2) is 5.89. The number of carbonyl (C=O) groups excluding carboxylic acids is 1. The minimum absolute atomic E-state index is 0.332. The fourth-order valence-electron chi connectivity index (χ4n) is 1.64. The van der Waals surface area contributed by atoms with Gasteiger partial charge in [-0.3, -0.25) is 10.2 Å². The molecule has 5 heteroatoms. The molecule has 4 nitrogen and oxygen atoms in total. The summed E-state index contributed by atoms with van der Waals surface area (Å²) in [5, 5.41) is 0.656. The van der Waals surface area contributed by atoms with Crippen LogP contribution in [0.2, 0.25) is 5.02 Å². The van der Waals surface area contributed by atoms with Crippen molar-refractivity contribution in [1.82, 2.24) is 5.43 Å². The molecule has 17 heavy (non-hydrogen) atoms. The van der Waals surface area contributed by atoms with E-state index >= 15 is 0 Å². The predicted molar refractivity (Wildman–Crippen MR) is 68.0 cm³/mol. The molecule has 0 fully saturated rings. The van der Waals surface area contributed by atoms with Crippen molar-refractivity contribution in [2.24, 2.45) is 5.84 Å². The molecule has 1 aromatic carbocycles. The van der Waals surface area contributed by atoms with E-state index in [1.807, 2.05) is 20.8 Å². The van der Waals surface area contributed by atoms with Crippen LogP contribution in [0.25, 0.3) is 0 Å². The second-order valence-electron chi connectivity index (χ2n) is 3.89. The molecule has 0 spiro atoms. The van der Waals surface area contributed by atoms with Crippen LogP contribution >= 0.6 is 11.6 Å². The van der Waals surface area contributed by atoms with Gasteiger partial charge in [0.05, 0.1) is 0 Å². The summed E-state index contributed by atoms with van der Waals surface area (Å²) in [7, 11) is 0. The maximum absolute atomic E-state index is 11.4. The van der Waals surface area contributed by atoms with E-state index in [2.05, 4.69) is 5.43 Å². The molecule has 1 atom stereocenters. The first kappa shape index (κ1) is 13.8. The number of halogens is 1. The van der Waals surface area contributed by atoms with E-state index in [4.69, 9.17) is 22.2 Å². The number of hydrogen-bond acceptors (Lipinski definition) is 3. The van der Waals surface area contributed by atoms with Crippen LogP contribution in [0.1, 0.15) is 24.5 Å². The highest BCUT2D eigenvalue weighted by Gasteiger charge is 2.19. The summed E-state index contributed by atoms with van der Waals surface area (Å²) in [4.78, 5) is 11.4. The Balaban J connectivity index is 2.98. The van der Waals surface area contributed by atoms with Crippen LogP contribution in [0.3, 0.4) is 0 Å². The number of aryl methyl sites for hydroxylation is 2. The molecule has 0 aliphatic rings. The topological polar surface area (TPSA) is 64.3 Å². The summed E-state index contributed by atoms with van der Waals surface area (Å²) in [6.07, 6.45) is -0.0385. The zero-order valence-corrected chi connectivity index (χ0v) is 11.0. The van der Waals surface area contributed by atoms with Gasteiger partial charge in [-0.25, -0.2) is 5.84 Å². The van der Waals surface area contributed by atoms with E-state index in [0.29, 0.717) is 17.2 Å². The summed E-state index contributed by atoms with van der Waals surface area (Å²) < 4.78 is 5.68. The Labute approximate surface area is 106 Å². The van der Waals surface area contributed by atoms with Crippen molar-refractivity contribution in [3.8, 4) is 5.75 Å². The minimum Gasteiger partial charge on any atom is -0.480 e. The maximum Gasteiger partial charge on any atom is 0.274 e. The number of ether oxygens (including phenoxy) is 1. The molecule has 0 radical (unpaired) electrons. The van der Waals surface area contributed by atoms with Gasteiger partial charge in [0.25, 0.3) is 5.91 Å². The van der Waals surface area contributed by atoms with Crippen molar-refractivity contribution in [2.45, 2.75) is 33.3 Å². The van der Waals surface area contributed by atoms with E-state index in [-0.39, 0.29) is 5.91 Å². The summed E-state index contributed by atoms with van der Waals surface area (Å²) >= 11 is 5.93. The number of hydrazine groups is 1. The molecule has 0 aliphatic heterocycles. The van der Waals surface area contributed by atoms with E-state index < -0.39 is 6.10 Å². The third-order valence-electron chi connectivity index (χ3n) is 2.49. The Kier molecular flexibility index (Phi) is 4.78. The highest BCUT2D eigenvalue weighted by atomic mass is 35.5. The van der Waals surface area contributed by atoms with Gasteiger partial charge in [0.15, 0.2) is 6.10 Å². The van der Waals surface area contributed by atoms with Crippen molar-refractivity contribution in [1.29, 1.82) is 0 Å². The molecule has 0 saturated heterocycles. The SMILES string of the molecule is CCC(Oc1c(C)cc(Cl)cc1C)C(=O)NN. The smallest absolute Gasteiger partial charge is 0.274 e. The first-order valence-corrected chi connectivity index (χ1v) is 5.81. The van der Waals surface area contributed by atoms with Crippen molar-refractivity contribution in [2.75, 3.05) is 0 Å². The van der Waals surface area contributed by atoms with Crippen molar-refractivity contribution in [3.63, 3.8) is 0 Å². The number of nitrogens with two attached hydrogens (primary N) is 1. The Morgan fingerprint density at radius 1 is 1.47 bits per heavy atom. The highest BCUT2D eigenvalue weighted by Crippen LogP contribution is 2.28. The Morgan fingerprint density at radius 2 is 2.00 bits per heavy atom. The normalized spacial score (nSPS) is 12.1. The minimum atomic E-state index is -0.585. The van der Waals surface area contributed by atoms with Crippen LogP contribution in [0.4, 0.5) is 0 Å². The molecule has 0 aromatic heterocycles. The highest BCUT2D eigenvalue weighted by molar-refractivity contribution is 6.30. The summed E-state index contributed by atoms with van der Waals surface area (Å²) in [5.41, 5.74) is 3.90. The van der Waals surface area contributed by atoms with Crippen molar-refractivity contribution in [3.05, 3.63) is 28.3 Å². The van der Waals surface area contributed by atoms with E-state index in [1.54, 1.807) is 12.1 Å². The van der Waals surface area contributed by atoms with E-state index in [0.717, 1.165) is 11.1 Å². The van der Waals surface area contributed by atoms with Gasteiger partial charge in [0.1, 0.15) is 5.75 Å². The third kappa shape index (κ3) is 3.35. The first-order valence-electron chi connectivity index (χ1n) is 5.43. The van der Waals surface area contributed by atoms with Gasteiger partial charge in [-0.05, 0) is 43.5 Å². The van der Waals surface area contributed by atoms with Gasteiger partial charge in [0, 0.05) is 5.02 Å². The summed E-state index contributed by atoms with van der Waals surface area (Å²) in [6.45, 7) is 5.64.